The molecule has 1 heterocycles. The number of aryl methyl sites for hydroxylation is 3. The molecule has 1 unspecified atom stereocenters. The molecule has 2 aromatic carbocycles. The minimum absolute atomic E-state index is 0.0779. The van der Waals surface area contributed by atoms with Crippen LogP contribution in [0, 0.1) is 6.92 Å². The molecule has 0 aliphatic carbocycles. The molecular weight excluding hydrogens is 272 g/mol. The Kier molecular flexibility index (Phi) is 3.99. The van der Waals surface area contributed by atoms with E-state index in [9.17, 15) is 4.79 Å². The number of nitrogens with two attached hydrogens (primary N) is 1. The normalized spacial score (nSPS) is 15.1. The van der Waals surface area contributed by atoms with Gasteiger partial charge < -0.3 is 11.1 Å². The highest BCUT2D eigenvalue weighted by atomic mass is 16.1. The van der Waals surface area contributed by atoms with Crippen LogP contribution in [0.1, 0.15) is 47.2 Å². The molecular formula is C19H22N2O. The maximum Gasteiger partial charge on any atom is 0.224 e. The van der Waals surface area contributed by atoms with Crippen LogP contribution >= 0.6 is 0 Å². The molecule has 1 aliphatic rings. The van der Waals surface area contributed by atoms with Crippen LogP contribution in [0.15, 0.2) is 36.4 Å². The summed E-state index contributed by atoms with van der Waals surface area (Å²) in [6.07, 6.45) is 2.32. The lowest BCUT2D eigenvalue weighted by molar-refractivity contribution is -0.116. The number of benzene rings is 2. The van der Waals surface area contributed by atoms with Crippen molar-refractivity contribution in [2.75, 3.05) is 5.32 Å². The van der Waals surface area contributed by atoms with Gasteiger partial charge in [0.25, 0.3) is 0 Å². The van der Waals surface area contributed by atoms with Gasteiger partial charge in [-0.15, -0.1) is 0 Å². The predicted octanol–water partition coefficient (Wildman–Crippen LogP) is 3.49. The van der Waals surface area contributed by atoms with Crippen LogP contribution < -0.4 is 11.1 Å². The molecule has 0 spiro atoms. The van der Waals surface area contributed by atoms with Gasteiger partial charge in [-0.3, -0.25) is 4.79 Å². The van der Waals surface area contributed by atoms with E-state index in [1.54, 1.807) is 0 Å². The van der Waals surface area contributed by atoms with Crippen LogP contribution in [-0.2, 0) is 17.6 Å². The number of fused-ring (bicyclic) bond motifs is 1. The Balaban J connectivity index is 2.08. The lowest BCUT2D eigenvalue weighted by atomic mass is 9.89. The Morgan fingerprint density at radius 2 is 1.91 bits per heavy atom. The van der Waals surface area contributed by atoms with Gasteiger partial charge >= 0.3 is 0 Å². The third kappa shape index (κ3) is 2.77. The maximum atomic E-state index is 11.8. The van der Waals surface area contributed by atoms with Gasteiger partial charge in [-0.2, -0.15) is 0 Å². The van der Waals surface area contributed by atoms with Crippen LogP contribution in [0.3, 0.4) is 0 Å². The Bertz CT molecular complexity index is 704. The van der Waals surface area contributed by atoms with Crippen molar-refractivity contribution < 1.29 is 4.79 Å². The van der Waals surface area contributed by atoms with E-state index in [0.717, 1.165) is 29.7 Å². The van der Waals surface area contributed by atoms with E-state index >= 15 is 0 Å². The summed E-state index contributed by atoms with van der Waals surface area (Å²) in [5, 5.41) is 3.02. The molecule has 1 atom stereocenters. The van der Waals surface area contributed by atoms with E-state index in [1.807, 2.05) is 0 Å². The van der Waals surface area contributed by atoms with Gasteiger partial charge in [-0.05, 0) is 42.0 Å². The summed E-state index contributed by atoms with van der Waals surface area (Å²) in [6, 6.07) is 12.4. The zero-order valence-electron chi connectivity index (χ0n) is 13.1. The third-order valence-electron chi connectivity index (χ3n) is 4.38. The van der Waals surface area contributed by atoms with E-state index in [4.69, 9.17) is 5.73 Å². The Morgan fingerprint density at radius 3 is 2.59 bits per heavy atom. The third-order valence-corrected chi connectivity index (χ3v) is 4.38. The summed E-state index contributed by atoms with van der Waals surface area (Å²) < 4.78 is 0. The summed E-state index contributed by atoms with van der Waals surface area (Å²) in [5.41, 5.74) is 13.2. The molecule has 3 heteroatoms. The molecule has 2 aromatic rings. The van der Waals surface area contributed by atoms with Crippen molar-refractivity contribution in [2.24, 2.45) is 5.73 Å². The van der Waals surface area contributed by atoms with Crippen LogP contribution in [0.5, 0.6) is 0 Å². The van der Waals surface area contributed by atoms with Crippen molar-refractivity contribution in [3.63, 3.8) is 0 Å². The number of carbonyl (C=O) groups excluding carboxylic acids is 1. The lowest BCUT2D eigenvalue weighted by Crippen LogP contribution is -2.23. The fraction of sp³-hybridized carbons (Fsp3) is 0.316. The number of rotatable bonds is 3. The second-order valence-corrected chi connectivity index (χ2v) is 6.01. The van der Waals surface area contributed by atoms with Crippen LogP contribution in [0.25, 0.3) is 0 Å². The van der Waals surface area contributed by atoms with Gasteiger partial charge in [-0.25, -0.2) is 0 Å². The number of amides is 1. The zero-order chi connectivity index (χ0) is 15.7. The molecule has 1 amide bonds. The van der Waals surface area contributed by atoms with Gasteiger partial charge in [-0.1, -0.05) is 48.9 Å². The van der Waals surface area contributed by atoms with Crippen molar-refractivity contribution in [3.05, 3.63) is 64.2 Å². The molecule has 0 fully saturated rings. The smallest absolute Gasteiger partial charge is 0.224 e. The molecule has 114 valence electrons. The van der Waals surface area contributed by atoms with E-state index in [2.05, 4.69) is 55.6 Å². The molecule has 3 nitrogen and oxygen atoms in total. The number of hydrogen-bond acceptors (Lipinski definition) is 2. The fourth-order valence-corrected chi connectivity index (χ4v) is 3.00. The Hall–Kier alpha value is -2.13. The number of nitrogens with one attached hydrogen (secondary N) is 1. The summed E-state index contributed by atoms with van der Waals surface area (Å²) in [5.74, 6) is 0.0779. The predicted molar refractivity (Wildman–Crippen MR) is 90.0 cm³/mol. The molecule has 0 aromatic heterocycles. The average molecular weight is 294 g/mol. The van der Waals surface area contributed by atoms with Gasteiger partial charge in [0.2, 0.25) is 5.91 Å². The molecule has 0 radical (unpaired) electrons. The summed E-state index contributed by atoms with van der Waals surface area (Å²) >= 11 is 0. The highest BCUT2D eigenvalue weighted by molar-refractivity contribution is 5.95. The molecule has 1 aliphatic heterocycles. The SMILES string of the molecule is CCc1cc2c(c(C(N)c3ccc(C)cc3)c1)NC(=O)CC2. The van der Waals surface area contributed by atoms with Gasteiger partial charge in [0.05, 0.1) is 6.04 Å². The van der Waals surface area contributed by atoms with Crippen molar-refractivity contribution in [1.82, 2.24) is 0 Å². The van der Waals surface area contributed by atoms with Gasteiger partial charge in [0, 0.05) is 12.1 Å². The average Bonchev–Trinajstić information content (AvgIpc) is 2.54. The van der Waals surface area contributed by atoms with E-state index in [-0.39, 0.29) is 11.9 Å². The minimum Gasteiger partial charge on any atom is -0.326 e. The molecule has 0 bridgehead atoms. The zero-order valence-corrected chi connectivity index (χ0v) is 13.1. The van der Waals surface area contributed by atoms with Crippen molar-refractivity contribution in [1.29, 1.82) is 0 Å². The van der Waals surface area contributed by atoms with Gasteiger partial charge in [0.15, 0.2) is 0 Å². The first-order valence-electron chi connectivity index (χ1n) is 7.86. The van der Waals surface area contributed by atoms with E-state index in [0.29, 0.717) is 6.42 Å². The number of anilines is 1. The molecule has 3 rings (SSSR count). The maximum absolute atomic E-state index is 11.8. The highest BCUT2D eigenvalue weighted by Gasteiger charge is 2.22. The Morgan fingerprint density at radius 1 is 1.18 bits per heavy atom. The number of hydrogen-bond donors (Lipinski definition) is 2. The van der Waals surface area contributed by atoms with E-state index in [1.165, 1.54) is 16.7 Å². The monoisotopic (exact) mass is 294 g/mol. The van der Waals surface area contributed by atoms with Crippen molar-refractivity contribution in [2.45, 2.75) is 39.2 Å². The van der Waals surface area contributed by atoms with Crippen molar-refractivity contribution in [3.8, 4) is 0 Å². The second kappa shape index (κ2) is 5.93. The summed E-state index contributed by atoms with van der Waals surface area (Å²) in [4.78, 5) is 11.8. The minimum atomic E-state index is -0.223. The second-order valence-electron chi connectivity index (χ2n) is 6.01. The van der Waals surface area contributed by atoms with Crippen LogP contribution in [-0.4, -0.2) is 5.91 Å². The van der Waals surface area contributed by atoms with Crippen molar-refractivity contribution >= 4 is 11.6 Å². The molecule has 0 saturated carbocycles. The van der Waals surface area contributed by atoms with E-state index < -0.39 is 0 Å². The lowest BCUT2D eigenvalue weighted by Gasteiger charge is -2.25. The molecule has 22 heavy (non-hydrogen) atoms. The van der Waals surface area contributed by atoms with Crippen LogP contribution in [0.4, 0.5) is 5.69 Å². The highest BCUT2D eigenvalue weighted by Crippen LogP contribution is 2.34. The van der Waals surface area contributed by atoms with Gasteiger partial charge in [0.1, 0.15) is 0 Å². The topological polar surface area (TPSA) is 55.1 Å². The first-order chi connectivity index (χ1) is 10.6. The first kappa shape index (κ1) is 14.8. The summed E-state index contributed by atoms with van der Waals surface area (Å²) in [7, 11) is 0. The number of carbonyl (C=O) groups is 1. The Labute approximate surface area is 131 Å². The quantitative estimate of drug-likeness (QED) is 0.910. The van der Waals surface area contributed by atoms with Crippen LogP contribution in [0.2, 0.25) is 0 Å². The fourth-order valence-electron chi connectivity index (χ4n) is 3.00. The summed E-state index contributed by atoms with van der Waals surface area (Å²) in [6.45, 7) is 4.21. The first-order valence-corrected chi connectivity index (χ1v) is 7.86. The molecule has 3 N–H and O–H groups in total. The standard InChI is InChI=1S/C19H22N2O/c1-3-13-10-15-8-9-17(22)21-19(15)16(11-13)18(20)14-6-4-12(2)5-7-14/h4-7,10-11,18H,3,8-9,20H2,1-2H3,(H,21,22). The molecule has 0 saturated heterocycles. The largest absolute Gasteiger partial charge is 0.326 e.